The minimum Gasteiger partial charge on any atom is -0.357 e. The number of piperidine rings is 2. The Labute approximate surface area is 150 Å². The zero-order chi connectivity index (χ0) is 17.2. The number of aromatic amines is 1. The summed E-state index contributed by atoms with van der Waals surface area (Å²) in [6, 6.07) is 11.1. The molecule has 4 nitrogen and oxygen atoms in total. The molecule has 0 spiro atoms. The summed E-state index contributed by atoms with van der Waals surface area (Å²) in [5.74, 6) is 1.08. The Hall–Kier alpha value is -1.81. The third-order valence-corrected chi connectivity index (χ3v) is 6.00. The molecule has 1 atom stereocenters. The zero-order valence-electron chi connectivity index (χ0n) is 15.2. The molecule has 1 unspecified atom stereocenters. The molecule has 4 heteroatoms. The van der Waals surface area contributed by atoms with Crippen LogP contribution in [0.1, 0.15) is 50.8 Å². The third kappa shape index (κ3) is 3.59. The van der Waals surface area contributed by atoms with E-state index in [4.69, 9.17) is 0 Å². The molecule has 1 aromatic heterocycles. The predicted molar refractivity (Wildman–Crippen MR) is 101 cm³/mol. The number of hydrogen-bond acceptors (Lipinski definition) is 2. The molecular formula is C21H29N3O. The molecule has 2 aliphatic heterocycles. The number of benzene rings is 1. The summed E-state index contributed by atoms with van der Waals surface area (Å²) >= 11 is 0. The molecule has 2 aromatic rings. The lowest BCUT2D eigenvalue weighted by atomic mass is 9.98. The smallest absolute Gasteiger partial charge is 0.236 e. The standard InChI is InChI=1S/C21H29N3O/c1-16-9-12-23(13-10-16)21(25)15-24-11-5-4-8-20(24)19-14-17-6-2-3-7-18(17)22-19/h2-3,6-7,14,16,20,22H,4-5,8-13,15H2,1H3. The summed E-state index contributed by atoms with van der Waals surface area (Å²) < 4.78 is 0. The number of hydrogen-bond donors (Lipinski definition) is 1. The lowest BCUT2D eigenvalue weighted by molar-refractivity contribution is -0.134. The van der Waals surface area contributed by atoms with Crippen LogP contribution in [0.25, 0.3) is 10.9 Å². The Kier molecular flexibility index (Phi) is 4.80. The highest BCUT2D eigenvalue weighted by Gasteiger charge is 2.29. The Bertz CT molecular complexity index is 697. The minimum absolute atomic E-state index is 0.315. The van der Waals surface area contributed by atoms with E-state index in [0.29, 0.717) is 18.5 Å². The number of carbonyl (C=O) groups is 1. The van der Waals surface area contributed by atoms with Gasteiger partial charge in [0, 0.05) is 24.3 Å². The van der Waals surface area contributed by atoms with Gasteiger partial charge in [0.15, 0.2) is 0 Å². The highest BCUT2D eigenvalue weighted by atomic mass is 16.2. The van der Waals surface area contributed by atoms with Crippen LogP contribution in [0, 0.1) is 5.92 Å². The van der Waals surface area contributed by atoms with Crippen LogP contribution in [-0.2, 0) is 4.79 Å². The Balaban J connectivity index is 1.48. The van der Waals surface area contributed by atoms with Gasteiger partial charge in [0.2, 0.25) is 5.91 Å². The van der Waals surface area contributed by atoms with Gasteiger partial charge in [0.1, 0.15) is 0 Å². The van der Waals surface area contributed by atoms with Crippen LogP contribution in [0.15, 0.2) is 30.3 Å². The SMILES string of the molecule is CC1CCN(C(=O)CN2CCCCC2c2cc3ccccc3[nH]2)CC1. The number of H-pyrrole nitrogens is 1. The van der Waals surface area contributed by atoms with E-state index < -0.39 is 0 Å². The van der Waals surface area contributed by atoms with Crippen molar-refractivity contribution in [3.05, 3.63) is 36.0 Å². The van der Waals surface area contributed by atoms with Crippen LogP contribution in [0.3, 0.4) is 0 Å². The Morgan fingerprint density at radius 3 is 2.72 bits per heavy atom. The van der Waals surface area contributed by atoms with Crippen LogP contribution < -0.4 is 0 Å². The number of fused-ring (bicyclic) bond motifs is 1. The fourth-order valence-electron chi connectivity index (χ4n) is 4.34. The second kappa shape index (κ2) is 7.20. The molecule has 25 heavy (non-hydrogen) atoms. The van der Waals surface area contributed by atoms with Crippen LogP contribution in [0.4, 0.5) is 0 Å². The van der Waals surface area contributed by atoms with E-state index in [9.17, 15) is 4.79 Å². The molecule has 1 N–H and O–H groups in total. The monoisotopic (exact) mass is 339 g/mol. The third-order valence-electron chi connectivity index (χ3n) is 6.00. The molecule has 0 bridgehead atoms. The predicted octanol–water partition coefficient (Wildman–Crippen LogP) is 3.95. The van der Waals surface area contributed by atoms with Crippen molar-refractivity contribution in [2.24, 2.45) is 5.92 Å². The first-order valence-electron chi connectivity index (χ1n) is 9.80. The molecule has 0 radical (unpaired) electrons. The molecule has 1 amide bonds. The maximum Gasteiger partial charge on any atom is 0.236 e. The fourth-order valence-corrected chi connectivity index (χ4v) is 4.34. The van der Waals surface area contributed by atoms with Gasteiger partial charge >= 0.3 is 0 Å². The highest BCUT2D eigenvalue weighted by molar-refractivity contribution is 5.80. The molecular weight excluding hydrogens is 310 g/mol. The summed E-state index contributed by atoms with van der Waals surface area (Å²) in [6.45, 7) is 5.75. The van der Waals surface area contributed by atoms with Crippen LogP contribution in [0.2, 0.25) is 0 Å². The Morgan fingerprint density at radius 1 is 1.12 bits per heavy atom. The lowest BCUT2D eigenvalue weighted by Gasteiger charge is -2.37. The molecule has 1 aromatic carbocycles. The number of carbonyl (C=O) groups excluding carboxylic acids is 1. The number of nitrogens with one attached hydrogen (secondary N) is 1. The summed E-state index contributed by atoms with van der Waals surface area (Å²) in [7, 11) is 0. The molecule has 2 fully saturated rings. The van der Waals surface area contributed by atoms with E-state index in [2.05, 4.69) is 52.0 Å². The maximum atomic E-state index is 12.8. The second-order valence-corrected chi connectivity index (χ2v) is 7.86. The largest absolute Gasteiger partial charge is 0.357 e. The van der Waals surface area contributed by atoms with Gasteiger partial charge < -0.3 is 9.88 Å². The fraction of sp³-hybridized carbons (Fsp3) is 0.571. The molecule has 134 valence electrons. The Morgan fingerprint density at radius 2 is 1.92 bits per heavy atom. The van der Waals surface area contributed by atoms with Crippen molar-refractivity contribution >= 4 is 16.8 Å². The summed E-state index contributed by atoms with van der Waals surface area (Å²) in [5.41, 5.74) is 2.46. The van der Waals surface area contributed by atoms with E-state index in [-0.39, 0.29) is 0 Å². The number of amides is 1. The first-order valence-corrected chi connectivity index (χ1v) is 9.80. The number of aromatic nitrogens is 1. The summed E-state index contributed by atoms with van der Waals surface area (Å²) in [6.07, 6.45) is 5.87. The van der Waals surface area contributed by atoms with E-state index in [1.165, 1.54) is 29.4 Å². The molecule has 0 saturated carbocycles. The first kappa shape index (κ1) is 16.6. The number of rotatable bonds is 3. The number of likely N-dealkylation sites (tertiary alicyclic amines) is 2. The highest BCUT2D eigenvalue weighted by Crippen LogP contribution is 2.32. The summed E-state index contributed by atoms with van der Waals surface area (Å²) in [4.78, 5) is 20.9. The second-order valence-electron chi connectivity index (χ2n) is 7.86. The van der Waals surface area contributed by atoms with Gasteiger partial charge in [0.05, 0.1) is 12.6 Å². The molecule has 2 saturated heterocycles. The van der Waals surface area contributed by atoms with Gasteiger partial charge in [-0.05, 0) is 55.7 Å². The lowest BCUT2D eigenvalue weighted by Crippen LogP contribution is -2.46. The van der Waals surface area contributed by atoms with Crippen molar-refractivity contribution in [1.82, 2.24) is 14.8 Å². The average molecular weight is 339 g/mol. The molecule has 4 rings (SSSR count). The first-order chi connectivity index (χ1) is 12.2. The maximum absolute atomic E-state index is 12.8. The van der Waals surface area contributed by atoms with Crippen LogP contribution in [0.5, 0.6) is 0 Å². The zero-order valence-corrected chi connectivity index (χ0v) is 15.2. The average Bonchev–Trinajstić information content (AvgIpc) is 3.06. The van der Waals surface area contributed by atoms with Crippen molar-refractivity contribution in [3.63, 3.8) is 0 Å². The minimum atomic E-state index is 0.315. The van der Waals surface area contributed by atoms with Gasteiger partial charge in [-0.1, -0.05) is 31.5 Å². The van der Waals surface area contributed by atoms with Crippen molar-refractivity contribution in [2.45, 2.75) is 45.1 Å². The van der Waals surface area contributed by atoms with E-state index in [1.807, 2.05) is 0 Å². The number of nitrogens with zero attached hydrogens (tertiary/aromatic N) is 2. The quantitative estimate of drug-likeness (QED) is 0.919. The molecule has 3 heterocycles. The number of para-hydroxylation sites is 1. The summed E-state index contributed by atoms with van der Waals surface area (Å²) in [5, 5.41) is 1.26. The topological polar surface area (TPSA) is 39.3 Å². The normalized spacial score (nSPS) is 23.2. The van der Waals surface area contributed by atoms with Gasteiger partial charge in [-0.15, -0.1) is 0 Å². The van der Waals surface area contributed by atoms with Crippen molar-refractivity contribution in [2.75, 3.05) is 26.2 Å². The van der Waals surface area contributed by atoms with Crippen LogP contribution in [-0.4, -0.2) is 46.9 Å². The van der Waals surface area contributed by atoms with Gasteiger partial charge in [-0.3, -0.25) is 9.69 Å². The van der Waals surface area contributed by atoms with Crippen molar-refractivity contribution < 1.29 is 4.79 Å². The van der Waals surface area contributed by atoms with Crippen LogP contribution >= 0.6 is 0 Å². The van der Waals surface area contributed by atoms with Crippen molar-refractivity contribution in [1.29, 1.82) is 0 Å². The van der Waals surface area contributed by atoms with E-state index in [1.54, 1.807) is 0 Å². The molecule has 0 aliphatic carbocycles. The van der Waals surface area contributed by atoms with Gasteiger partial charge in [0.25, 0.3) is 0 Å². The molecule has 2 aliphatic rings. The van der Waals surface area contributed by atoms with Gasteiger partial charge in [-0.25, -0.2) is 0 Å². The van der Waals surface area contributed by atoms with E-state index >= 15 is 0 Å². The van der Waals surface area contributed by atoms with Crippen molar-refractivity contribution in [3.8, 4) is 0 Å². The van der Waals surface area contributed by atoms with E-state index in [0.717, 1.165) is 44.8 Å². The van der Waals surface area contributed by atoms with Gasteiger partial charge in [-0.2, -0.15) is 0 Å².